The molecule has 0 saturated heterocycles. The van der Waals surface area contributed by atoms with E-state index >= 15 is 0 Å². The predicted octanol–water partition coefficient (Wildman–Crippen LogP) is 3.25. The van der Waals surface area contributed by atoms with Gasteiger partial charge in [0.1, 0.15) is 0 Å². The average Bonchev–Trinajstić information content (AvgIpc) is 2.70. The zero-order chi connectivity index (χ0) is 21.2. The van der Waals surface area contributed by atoms with Crippen molar-refractivity contribution in [3.05, 3.63) is 65.2 Å². The standard InChI is InChI=1S/C22H27N3O4/c1-4-16-6-5-7-19(12-16)25-20(26)14-29-21(27)18-10-8-17(9-11-18)13-23-22(28)24-15(2)3/h5-12,15H,4,13-14H2,1-3H3,(H,25,26)(H2,23,24,28). The third kappa shape index (κ3) is 7.65. The second-order valence-electron chi connectivity index (χ2n) is 6.86. The van der Waals surface area contributed by atoms with Gasteiger partial charge in [-0.25, -0.2) is 9.59 Å². The molecule has 0 aliphatic rings. The smallest absolute Gasteiger partial charge is 0.338 e. The number of aryl methyl sites for hydroxylation is 1. The Balaban J connectivity index is 1.79. The van der Waals surface area contributed by atoms with E-state index in [0.29, 0.717) is 17.8 Å². The molecule has 0 unspecified atom stereocenters. The Bertz CT molecular complexity index is 847. The van der Waals surface area contributed by atoms with Gasteiger partial charge in [0.15, 0.2) is 6.61 Å². The first-order chi connectivity index (χ1) is 13.9. The summed E-state index contributed by atoms with van der Waals surface area (Å²) in [5, 5.41) is 8.17. The molecule has 0 atom stereocenters. The molecule has 7 nitrogen and oxygen atoms in total. The number of nitrogens with one attached hydrogen (secondary N) is 3. The molecular weight excluding hydrogens is 370 g/mol. The first-order valence-electron chi connectivity index (χ1n) is 9.56. The van der Waals surface area contributed by atoms with Crippen LogP contribution in [0.15, 0.2) is 48.5 Å². The summed E-state index contributed by atoms with van der Waals surface area (Å²) in [7, 11) is 0. The summed E-state index contributed by atoms with van der Waals surface area (Å²) < 4.78 is 5.07. The van der Waals surface area contributed by atoms with Crippen LogP contribution in [0.4, 0.5) is 10.5 Å². The molecule has 2 aromatic carbocycles. The molecule has 2 rings (SSSR count). The molecule has 0 radical (unpaired) electrons. The molecule has 7 heteroatoms. The van der Waals surface area contributed by atoms with Gasteiger partial charge < -0.3 is 20.7 Å². The highest BCUT2D eigenvalue weighted by molar-refractivity contribution is 5.95. The molecule has 0 bridgehead atoms. The van der Waals surface area contributed by atoms with Crippen molar-refractivity contribution in [1.29, 1.82) is 0 Å². The Morgan fingerprint density at radius 1 is 1.00 bits per heavy atom. The molecule has 29 heavy (non-hydrogen) atoms. The number of benzene rings is 2. The topological polar surface area (TPSA) is 96.5 Å². The van der Waals surface area contributed by atoms with Gasteiger partial charge >= 0.3 is 12.0 Å². The molecule has 0 aromatic heterocycles. The van der Waals surface area contributed by atoms with Gasteiger partial charge in [0.05, 0.1) is 5.56 Å². The minimum atomic E-state index is -0.584. The zero-order valence-electron chi connectivity index (χ0n) is 17.0. The highest BCUT2D eigenvalue weighted by Gasteiger charge is 2.11. The lowest BCUT2D eigenvalue weighted by Crippen LogP contribution is -2.39. The van der Waals surface area contributed by atoms with E-state index in [4.69, 9.17) is 4.74 Å². The summed E-state index contributed by atoms with van der Waals surface area (Å²) in [4.78, 5) is 35.7. The van der Waals surface area contributed by atoms with Crippen LogP contribution in [0, 0.1) is 0 Å². The van der Waals surface area contributed by atoms with Gasteiger partial charge in [-0.05, 0) is 55.7 Å². The highest BCUT2D eigenvalue weighted by Crippen LogP contribution is 2.11. The normalized spacial score (nSPS) is 10.3. The molecule has 0 aliphatic heterocycles. The van der Waals surface area contributed by atoms with E-state index in [1.54, 1.807) is 30.3 Å². The van der Waals surface area contributed by atoms with E-state index in [1.807, 2.05) is 39.0 Å². The molecule has 2 aromatic rings. The lowest BCUT2D eigenvalue weighted by Gasteiger charge is -2.10. The number of amides is 3. The highest BCUT2D eigenvalue weighted by atomic mass is 16.5. The van der Waals surface area contributed by atoms with Gasteiger partial charge in [-0.15, -0.1) is 0 Å². The first-order valence-corrected chi connectivity index (χ1v) is 9.56. The molecular formula is C22H27N3O4. The number of urea groups is 1. The fourth-order valence-corrected chi connectivity index (χ4v) is 2.53. The average molecular weight is 397 g/mol. The molecule has 0 fully saturated rings. The van der Waals surface area contributed by atoms with Crippen LogP contribution >= 0.6 is 0 Å². The molecule has 0 spiro atoms. The van der Waals surface area contributed by atoms with Crippen molar-refractivity contribution >= 4 is 23.6 Å². The van der Waals surface area contributed by atoms with Crippen LogP contribution in [0.3, 0.4) is 0 Å². The van der Waals surface area contributed by atoms with Crippen molar-refractivity contribution in [2.45, 2.75) is 39.8 Å². The van der Waals surface area contributed by atoms with Gasteiger partial charge in [-0.3, -0.25) is 4.79 Å². The maximum Gasteiger partial charge on any atom is 0.338 e. The number of anilines is 1. The van der Waals surface area contributed by atoms with Crippen LogP contribution in [0.1, 0.15) is 42.3 Å². The molecule has 3 N–H and O–H groups in total. The van der Waals surface area contributed by atoms with Crippen molar-refractivity contribution in [2.24, 2.45) is 0 Å². The lowest BCUT2D eigenvalue weighted by atomic mass is 10.1. The number of hydrogen-bond donors (Lipinski definition) is 3. The van der Waals surface area contributed by atoms with Crippen LogP contribution in [-0.2, 0) is 22.5 Å². The van der Waals surface area contributed by atoms with Gasteiger partial charge in [0, 0.05) is 18.3 Å². The Morgan fingerprint density at radius 2 is 1.72 bits per heavy atom. The summed E-state index contributed by atoms with van der Waals surface area (Å²) in [6.07, 6.45) is 0.868. The summed E-state index contributed by atoms with van der Waals surface area (Å²) in [5.74, 6) is -0.983. The molecule has 3 amide bonds. The van der Waals surface area contributed by atoms with E-state index in [2.05, 4.69) is 16.0 Å². The van der Waals surface area contributed by atoms with Crippen LogP contribution < -0.4 is 16.0 Å². The SMILES string of the molecule is CCc1cccc(NC(=O)COC(=O)c2ccc(CNC(=O)NC(C)C)cc2)c1. The monoisotopic (exact) mass is 397 g/mol. The maximum atomic E-state index is 12.1. The third-order valence-electron chi connectivity index (χ3n) is 4.02. The Kier molecular flexibility index (Phi) is 8.21. The van der Waals surface area contributed by atoms with E-state index in [9.17, 15) is 14.4 Å². The van der Waals surface area contributed by atoms with Gasteiger partial charge in [-0.1, -0.05) is 31.2 Å². The minimum absolute atomic E-state index is 0.0555. The fourth-order valence-electron chi connectivity index (χ4n) is 2.53. The quantitative estimate of drug-likeness (QED) is 0.596. The maximum absolute atomic E-state index is 12.1. The minimum Gasteiger partial charge on any atom is -0.452 e. The Labute approximate surface area is 170 Å². The number of esters is 1. The second kappa shape index (κ2) is 10.8. The zero-order valence-corrected chi connectivity index (χ0v) is 17.0. The third-order valence-corrected chi connectivity index (χ3v) is 4.02. The van der Waals surface area contributed by atoms with Gasteiger partial charge in [0.2, 0.25) is 0 Å². The molecule has 154 valence electrons. The first kappa shape index (κ1) is 21.9. The summed E-state index contributed by atoms with van der Waals surface area (Å²) in [6.45, 7) is 5.76. The summed E-state index contributed by atoms with van der Waals surface area (Å²) >= 11 is 0. The van der Waals surface area contributed by atoms with Crippen molar-refractivity contribution in [1.82, 2.24) is 10.6 Å². The Morgan fingerprint density at radius 3 is 2.38 bits per heavy atom. The van der Waals surface area contributed by atoms with Crippen LogP contribution in [0.2, 0.25) is 0 Å². The summed E-state index contributed by atoms with van der Waals surface area (Å²) in [6, 6.07) is 14.0. The number of hydrogen-bond acceptors (Lipinski definition) is 4. The van der Waals surface area contributed by atoms with Crippen molar-refractivity contribution in [2.75, 3.05) is 11.9 Å². The van der Waals surface area contributed by atoms with Crippen LogP contribution in [0.25, 0.3) is 0 Å². The Hall–Kier alpha value is -3.35. The largest absolute Gasteiger partial charge is 0.452 e. The number of carbonyl (C=O) groups is 3. The van der Waals surface area contributed by atoms with Gasteiger partial charge in [0.25, 0.3) is 5.91 Å². The predicted molar refractivity (Wildman–Crippen MR) is 112 cm³/mol. The van der Waals surface area contributed by atoms with Crippen molar-refractivity contribution in [3.8, 4) is 0 Å². The van der Waals surface area contributed by atoms with E-state index in [0.717, 1.165) is 17.5 Å². The number of carbonyl (C=O) groups excluding carboxylic acids is 3. The molecule has 0 heterocycles. The van der Waals surface area contributed by atoms with Crippen molar-refractivity contribution in [3.63, 3.8) is 0 Å². The fraction of sp³-hybridized carbons (Fsp3) is 0.318. The number of rotatable bonds is 8. The lowest BCUT2D eigenvalue weighted by molar-refractivity contribution is -0.119. The molecule has 0 aliphatic carbocycles. The van der Waals surface area contributed by atoms with E-state index in [-0.39, 0.29) is 18.7 Å². The molecule has 0 saturated carbocycles. The van der Waals surface area contributed by atoms with E-state index in [1.165, 1.54) is 0 Å². The summed E-state index contributed by atoms with van der Waals surface area (Å²) in [5.41, 5.74) is 2.95. The second-order valence-corrected chi connectivity index (χ2v) is 6.86. The van der Waals surface area contributed by atoms with Crippen LogP contribution in [0.5, 0.6) is 0 Å². The van der Waals surface area contributed by atoms with Crippen molar-refractivity contribution < 1.29 is 19.1 Å². The van der Waals surface area contributed by atoms with Crippen LogP contribution in [-0.4, -0.2) is 30.6 Å². The number of ether oxygens (including phenoxy) is 1. The van der Waals surface area contributed by atoms with E-state index < -0.39 is 11.9 Å². The van der Waals surface area contributed by atoms with Gasteiger partial charge in [-0.2, -0.15) is 0 Å².